The smallest absolute Gasteiger partial charge is 0.268 e. The third kappa shape index (κ3) is 5.44. The summed E-state index contributed by atoms with van der Waals surface area (Å²) in [5.41, 5.74) is 3.98. The van der Waals surface area contributed by atoms with Crippen molar-refractivity contribution in [3.05, 3.63) is 96.7 Å². The van der Waals surface area contributed by atoms with Crippen LogP contribution in [-0.2, 0) is 16.6 Å². The zero-order valence-electron chi connectivity index (χ0n) is 23.0. The fraction of sp³-hybridized carbons (Fsp3) is 0.167. The van der Waals surface area contributed by atoms with E-state index in [0.717, 1.165) is 11.4 Å². The number of aromatic nitrogens is 3. The Morgan fingerprint density at radius 2 is 1.63 bits per heavy atom. The quantitative estimate of drug-likeness (QED) is 0.233. The first-order valence-electron chi connectivity index (χ1n) is 12.6. The molecule has 3 aromatic carbocycles. The molecule has 0 aliphatic carbocycles. The Morgan fingerprint density at radius 3 is 2.24 bits per heavy atom. The lowest BCUT2D eigenvalue weighted by atomic mass is 10.1. The van der Waals surface area contributed by atoms with Crippen molar-refractivity contribution in [1.82, 2.24) is 13.5 Å². The molecule has 2 N–H and O–H groups in total. The first-order valence-corrected chi connectivity index (χ1v) is 14.1. The number of imidazole rings is 1. The van der Waals surface area contributed by atoms with Crippen LogP contribution in [0.25, 0.3) is 16.9 Å². The topological polar surface area (TPSA) is 117 Å². The molecule has 2 heterocycles. The number of phenols is 1. The van der Waals surface area contributed by atoms with E-state index in [0.29, 0.717) is 46.2 Å². The van der Waals surface area contributed by atoms with Gasteiger partial charge in [0.1, 0.15) is 5.75 Å². The number of phenolic OH excluding ortho intramolecular Hbond substituents is 1. The molecule has 0 aliphatic rings. The lowest BCUT2D eigenvalue weighted by Gasteiger charge is -2.16. The number of rotatable bonds is 10. The van der Waals surface area contributed by atoms with E-state index in [1.807, 2.05) is 35.0 Å². The predicted molar refractivity (Wildman–Crippen MR) is 156 cm³/mol. The summed E-state index contributed by atoms with van der Waals surface area (Å²) in [6, 6.07) is 17.3. The number of nitrogens with zero attached hydrogens (tertiary/aromatic N) is 3. The average Bonchev–Trinajstić information content (AvgIpc) is 3.68. The maximum absolute atomic E-state index is 14.0. The van der Waals surface area contributed by atoms with Gasteiger partial charge in [-0.05, 0) is 66.6 Å². The van der Waals surface area contributed by atoms with Gasteiger partial charge in [-0.1, -0.05) is 6.07 Å². The maximum atomic E-state index is 14.0. The van der Waals surface area contributed by atoms with E-state index >= 15 is 0 Å². The van der Waals surface area contributed by atoms with Crippen LogP contribution in [0.4, 0.5) is 5.69 Å². The van der Waals surface area contributed by atoms with E-state index in [9.17, 15) is 13.5 Å². The third-order valence-corrected chi connectivity index (χ3v) is 8.49. The van der Waals surface area contributed by atoms with E-state index < -0.39 is 10.0 Å². The Bertz CT molecular complexity index is 1750. The van der Waals surface area contributed by atoms with Crippen molar-refractivity contribution in [2.75, 3.05) is 26.6 Å². The van der Waals surface area contributed by atoms with E-state index in [-0.39, 0.29) is 10.6 Å². The molecule has 0 aliphatic heterocycles. The largest absolute Gasteiger partial charge is 0.508 e. The Labute approximate surface area is 238 Å². The number of nitrogens with one attached hydrogen (secondary N) is 1. The molecule has 212 valence electrons. The van der Waals surface area contributed by atoms with Gasteiger partial charge in [0.15, 0.2) is 11.5 Å². The van der Waals surface area contributed by atoms with Crippen LogP contribution >= 0.6 is 0 Å². The average molecular weight is 575 g/mol. The number of aromatic hydroxyl groups is 1. The summed E-state index contributed by atoms with van der Waals surface area (Å²) in [5.74, 6) is 1.03. The molecule has 0 unspecified atom stereocenters. The van der Waals surface area contributed by atoms with Gasteiger partial charge in [-0.25, -0.2) is 17.4 Å². The Balaban J connectivity index is 1.56. The summed E-state index contributed by atoms with van der Waals surface area (Å²) in [5, 5.41) is 13.4. The van der Waals surface area contributed by atoms with Gasteiger partial charge in [-0.15, -0.1) is 0 Å². The molecule has 0 amide bonds. The standard InChI is InChI=1S/C30H30N4O6S/c1-20-5-10-25(35)16-29(20)41(36,37)34-18-21(17-32-23-6-8-24(9-7-23)33-12-11-31-19-33)13-26(34)22-14-27(38-2)30(40-4)28(15-22)39-3/h5-16,18-19,32,35H,17H2,1-4H3. The Morgan fingerprint density at radius 1 is 0.927 bits per heavy atom. The molecule has 10 nitrogen and oxygen atoms in total. The number of aryl methyl sites for hydroxylation is 1. The first kappa shape index (κ1) is 27.7. The van der Waals surface area contributed by atoms with Crippen LogP contribution in [0, 0.1) is 6.92 Å². The number of methoxy groups -OCH3 is 3. The van der Waals surface area contributed by atoms with Crippen LogP contribution < -0.4 is 19.5 Å². The summed E-state index contributed by atoms with van der Waals surface area (Å²) in [6.45, 7) is 2.04. The molecule has 0 fully saturated rings. The molecule has 5 aromatic rings. The molecule has 0 bridgehead atoms. The van der Waals surface area contributed by atoms with Crippen molar-refractivity contribution in [3.8, 4) is 39.9 Å². The van der Waals surface area contributed by atoms with E-state index in [1.165, 1.54) is 37.4 Å². The number of anilines is 1. The molecule has 0 spiro atoms. The second kappa shape index (κ2) is 11.3. The molecule has 0 saturated carbocycles. The van der Waals surface area contributed by atoms with Gasteiger partial charge in [0.2, 0.25) is 5.75 Å². The molecular formula is C30H30N4O6S. The van der Waals surface area contributed by atoms with Crippen LogP contribution in [0.5, 0.6) is 23.0 Å². The highest BCUT2D eigenvalue weighted by Gasteiger charge is 2.26. The van der Waals surface area contributed by atoms with Crippen LogP contribution in [0.3, 0.4) is 0 Å². The molecule has 0 atom stereocenters. The lowest BCUT2D eigenvalue weighted by molar-refractivity contribution is 0.324. The molecule has 11 heteroatoms. The molecule has 41 heavy (non-hydrogen) atoms. The van der Waals surface area contributed by atoms with Crippen LogP contribution in [0.2, 0.25) is 0 Å². The van der Waals surface area contributed by atoms with Crippen molar-refractivity contribution < 1.29 is 27.7 Å². The van der Waals surface area contributed by atoms with E-state index in [4.69, 9.17) is 14.2 Å². The fourth-order valence-corrected chi connectivity index (χ4v) is 6.22. The summed E-state index contributed by atoms with van der Waals surface area (Å²) >= 11 is 0. The highest BCUT2D eigenvalue weighted by atomic mass is 32.2. The van der Waals surface area contributed by atoms with Gasteiger partial charge in [0.05, 0.1) is 38.2 Å². The van der Waals surface area contributed by atoms with Crippen LogP contribution in [-0.4, -0.2) is 48.4 Å². The first-order chi connectivity index (χ1) is 19.7. The van der Waals surface area contributed by atoms with Gasteiger partial charge in [-0.2, -0.15) is 0 Å². The Kier molecular flexibility index (Phi) is 7.62. The summed E-state index contributed by atoms with van der Waals surface area (Å²) in [7, 11) is 0.393. The Hall–Kier alpha value is -4.90. The van der Waals surface area contributed by atoms with Crippen molar-refractivity contribution >= 4 is 15.7 Å². The maximum Gasteiger partial charge on any atom is 0.268 e. The molecule has 0 radical (unpaired) electrons. The SMILES string of the molecule is COc1cc(-c2cc(CNc3ccc(-n4ccnc4)cc3)cn2S(=O)(=O)c2cc(O)ccc2C)cc(OC)c1OC. The molecule has 2 aromatic heterocycles. The zero-order chi connectivity index (χ0) is 29.1. The highest BCUT2D eigenvalue weighted by Crippen LogP contribution is 2.42. The molecular weight excluding hydrogens is 544 g/mol. The minimum atomic E-state index is -4.11. The van der Waals surface area contributed by atoms with Gasteiger partial charge < -0.3 is 29.2 Å². The fourth-order valence-electron chi connectivity index (χ4n) is 4.57. The van der Waals surface area contributed by atoms with Gasteiger partial charge >= 0.3 is 0 Å². The monoisotopic (exact) mass is 574 g/mol. The summed E-state index contributed by atoms with van der Waals surface area (Å²) < 4.78 is 47.6. The van der Waals surface area contributed by atoms with Gasteiger partial charge in [0, 0.05) is 48.1 Å². The zero-order valence-corrected chi connectivity index (χ0v) is 23.8. The van der Waals surface area contributed by atoms with E-state index in [2.05, 4.69) is 10.3 Å². The summed E-state index contributed by atoms with van der Waals surface area (Å²) in [4.78, 5) is 4.07. The van der Waals surface area contributed by atoms with Crippen molar-refractivity contribution in [2.45, 2.75) is 18.4 Å². The number of hydrogen-bond donors (Lipinski definition) is 2. The van der Waals surface area contributed by atoms with Gasteiger partial charge in [-0.3, -0.25) is 0 Å². The predicted octanol–water partition coefficient (Wildman–Crippen LogP) is 5.23. The third-order valence-electron chi connectivity index (χ3n) is 6.68. The van der Waals surface area contributed by atoms with Crippen molar-refractivity contribution in [2.24, 2.45) is 0 Å². The second-order valence-corrected chi connectivity index (χ2v) is 11.1. The minimum Gasteiger partial charge on any atom is -0.508 e. The molecule has 5 rings (SSSR count). The second-order valence-electron chi connectivity index (χ2n) is 9.27. The van der Waals surface area contributed by atoms with E-state index in [1.54, 1.807) is 49.9 Å². The van der Waals surface area contributed by atoms with Crippen LogP contribution in [0.1, 0.15) is 11.1 Å². The lowest BCUT2D eigenvalue weighted by Crippen LogP contribution is -2.14. The van der Waals surface area contributed by atoms with Crippen LogP contribution in [0.15, 0.2) is 90.5 Å². The normalized spacial score (nSPS) is 11.3. The molecule has 0 saturated heterocycles. The number of benzene rings is 3. The number of ether oxygens (including phenoxy) is 3. The number of hydrogen-bond acceptors (Lipinski definition) is 8. The van der Waals surface area contributed by atoms with Crippen molar-refractivity contribution in [3.63, 3.8) is 0 Å². The minimum absolute atomic E-state index is 0.00334. The van der Waals surface area contributed by atoms with Gasteiger partial charge in [0.25, 0.3) is 10.0 Å². The summed E-state index contributed by atoms with van der Waals surface area (Å²) in [6.07, 6.45) is 6.88. The van der Waals surface area contributed by atoms with Crippen molar-refractivity contribution in [1.29, 1.82) is 0 Å². The highest BCUT2D eigenvalue weighted by molar-refractivity contribution is 7.90.